The lowest BCUT2D eigenvalue weighted by Gasteiger charge is -2.10. The number of unbranched alkanes of at least 4 members (excludes halogenated alkanes) is 1. The van der Waals surface area contributed by atoms with Crippen LogP contribution >= 0.6 is 0 Å². The molecule has 0 rings (SSSR count). The summed E-state index contributed by atoms with van der Waals surface area (Å²) in [4.78, 5) is 0. The summed E-state index contributed by atoms with van der Waals surface area (Å²) < 4.78 is 17.9. The Hall–Kier alpha value is -0.150. The summed E-state index contributed by atoms with van der Waals surface area (Å²) in [5.41, 5.74) is 0. The third kappa shape index (κ3) is 8.19. The van der Waals surface area contributed by atoms with Gasteiger partial charge in [-0.2, -0.15) is 0 Å². The molecular weight excluding hydrogens is 171 g/mol. The number of hydrogen-bond acceptors (Lipinski definition) is 2. The summed E-state index contributed by atoms with van der Waals surface area (Å²) in [5.74, 6) is 0. The molecule has 0 aromatic rings. The van der Waals surface area contributed by atoms with Gasteiger partial charge in [-0.1, -0.05) is 6.92 Å². The van der Waals surface area contributed by atoms with E-state index in [0.29, 0.717) is 19.1 Å². The zero-order valence-corrected chi connectivity index (χ0v) is 8.63. The molecule has 0 aliphatic rings. The quantitative estimate of drug-likeness (QED) is 0.598. The van der Waals surface area contributed by atoms with Crippen LogP contribution < -0.4 is 0 Å². The Bertz CT molecular complexity index is 97.1. The maximum Gasteiger partial charge on any atom is 0.123 e. The van der Waals surface area contributed by atoms with Crippen LogP contribution in [0.5, 0.6) is 0 Å². The van der Waals surface area contributed by atoms with Gasteiger partial charge in [0, 0.05) is 6.61 Å². The number of ether oxygens (including phenoxy) is 1. The highest BCUT2D eigenvalue weighted by Gasteiger charge is 2.03. The van der Waals surface area contributed by atoms with Gasteiger partial charge in [-0.25, -0.2) is 4.39 Å². The molecule has 0 saturated carbocycles. The van der Waals surface area contributed by atoms with Crippen molar-refractivity contribution in [2.75, 3.05) is 13.2 Å². The van der Waals surface area contributed by atoms with Crippen LogP contribution in [0.2, 0.25) is 0 Å². The number of aliphatic hydroxyl groups excluding tert-OH is 1. The second-order valence-corrected chi connectivity index (χ2v) is 3.37. The van der Waals surface area contributed by atoms with Crippen molar-refractivity contribution in [2.45, 2.75) is 51.8 Å². The van der Waals surface area contributed by atoms with E-state index in [1.54, 1.807) is 0 Å². The molecule has 0 amide bonds. The van der Waals surface area contributed by atoms with Crippen molar-refractivity contribution in [3.63, 3.8) is 0 Å². The Morgan fingerprint density at radius 2 is 2.08 bits per heavy atom. The SMILES string of the molecule is CCC(C)OCCCCC(F)CO. The van der Waals surface area contributed by atoms with E-state index in [0.717, 1.165) is 19.3 Å². The van der Waals surface area contributed by atoms with E-state index in [1.807, 2.05) is 6.92 Å². The van der Waals surface area contributed by atoms with Gasteiger partial charge in [-0.05, 0) is 32.6 Å². The molecule has 0 aromatic heterocycles. The molecule has 0 aromatic carbocycles. The lowest BCUT2D eigenvalue weighted by atomic mass is 10.2. The highest BCUT2D eigenvalue weighted by molar-refractivity contribution is 4.53. The topological polar surface area (TPSA) is 29.5 Å². The normalized spacial score (nSPS) is 15.7. The summed E-state index contributed by atoms with van der Waals surface area (Å²) in [6, 6.07) is 0. The van der Waals surface area contributed by atoms with E-state index in [9.17, 15) is 4.39 Å². The molecule has 0 radical (unpaired) electrons. The van der Waals surface area contributed by atoms with Gasteiger partial charge in [0.15, 0.2) is 0 Å². The van der Waals surface area contributed by atoms with Crippen LogP contribution in [0.15, 0.2) is 0 Å². The van der Waals surface area contributed by atoms with Crippen molar-refractivity contribution in [2.24, 2.45) is 0 Å². The van der Waals surface area contributed by atoms with Crippen molar-refractivity contribution < 1.29 is 14.2 Å². The Labute approximate surface area is 80.1 Å². The lowest BCUT2D eigenvalue weighted by Crippen LogP contribution is -2.09. The van der Waals surface area contributed by atoms with Crippen LogP contribution in [0.25, 0.3) is 0 Å². The summed E-state index contributed by atoms with van der Waals surface area (Å²) >= 11 is 0. The Balaban J connectivity index is 3.08. The van der Waals surface area contributed by atoms with Crippen molar-refractivity contribution in [1.82, 2.24) is 0 Å². The summed E-state index contributed by atoms with van der Waals surface area (Å²) in [7, 11) is 0. The molecule has 0 heterocycles. The Morgan fingerprint density at radius 1 is 1.38 bits per heavy atom. The Kier molecular flexibility index (Phi) is 8.35. The second kappa shape index (κ2) is 8.45. The van der Waals surface area contributed by atoms with Gasteiger partial charge in [0.05, 0.1) is 12.7 Å². The predicted octanol–water partition coefficient (Wildman–Crippen LogP) is 2.30. The first-order valence-corrected chi connectivity index (χ1v) is 5.07. The fourth-order valence-corrected chi connectivity index (χ4v) is 0.962. The minimum Gasteiger partial charge on any atom is -0.393 e. The van der Waals surface area contributed by atoms with Gasteiger partial charge in [0.1, 0.15) is 6.17 Å². The molecule has 0 aliphatic heterocycles. The van der Waals surface area contributed by atoms with E-state index in [-0.39, 0.29) is 6.61 Å². The third-order valence-corrected chi connectivity index (χ3v) is 2.09. The third-order valence-electron chi connectivity index (χ3n) is 2.09. The fraction of sp³-hybridized carbons (Fsp3) is 1.00. The van der Waals surface area contributed by atoms with Gasteiger partial charge < -0.3 is 9.84 Å². The van der Waals surface area contributed by atoms with Crippen LogP contribution in [0.3, 0.4) is 0 Å². The number of hydrogen-bond donors (Lipinski definition) is 1. The molecule has 1 N–H and O–H groups in total. The standard InChI is InChI=1S/C10H21FO2/c1-3-9(2)13-7-5-4-6-10(11)8-12/h9-10,12H,3-8H2,1-2H3. The molecular formula is C10H21FO2. The van der Waals surface area contributed by atoms with Crippen molar-refractivity contribution in [3.05, 3.63) is 0 Å². The number of aliphatic hydroxyl groups is 1. The zero-order valence-electron chi connectivity index (χ0n) is 8.63. The second-order valence-electron chi connectivity index (χ2n) is 3.37. The molecule has 0 fully saturated rings. The van der Waals surface area contributed by atoms with Gasteiger partial charge in [0.25, 0.3) is 0 Å². The van der Waals surface area contributed by atoms with Crippen molar-refractivity contribution >= 4 is 0 Å². The van der Waals surface area contributed by atoms with Crippen LogP contribution in [0.4, 0.5) is 4.39 Å². The summed E-state index contributed by atoms with van der Waals surface area (Å²) in [6.45, 7) is 4.46. The molecule has 3 heteroatoms. The van der Waals surface area contributed by atoms with E-state index >= 15 is 0 Å². The van der Waals surface area contributed by atoms with Gasteiger partial charge >= 0.3 is 0 Å². The molecule has 2 unspecified atom stereocenters. The minimum atomic E-state index is -1.05. The van der Waals surface area contributed by atoms with Crippen LogP contribution in [0.1, 0.15) is 39.5 Å². The number of alkyl halides is 1. The average Bonchev–Trinajstić information content (AvgIpc) is 2.16. The van der Waals surface area contributed by atoms with E-state index in [2.05, 4.69) is 6.92 Å². The largest absolute Gasteiger partial charge is 0.393 e. The number of halogens is 1. The first-order valence-electron chi connectivity index (χ1n) is 5.07. The Morgan fingerprint density at radius 3 is 2.62 bits per heavy atom. The molecule has 13 heavy (non-hydrogen) atoms. The van der Waals surface area contributed by atoms with Gasteiger partial charge in [-0.15, -0.1) is 0 Å². The van der Waals surface area contributed by atoms with E-state index in [1.165, 1.54) is 0 Å². The molecule has 0 saturated heterocycles. The number of rotatable bonds is 8. The molecule has 0 aliphatic carbocycles. The molecule has 0 spiro atoms. The zero-order chi connectivity index (χ0) is 10.1. The van der Waals surface area contributed by atoms with Crippen LogP contribution in [-0.4, -0.2) is 30.6 Å². The van der Waals surface area contributed by atoms with Gasteiger partial charge in [-0.3, -0.25) is 0 Å². The van der Waals surface area contributed by atoms with Gasteiger partial charge in [0.2, 0.25) is 0 Å². The van der Waals surface area contributed by atoms with Crippen LogP contribution in [0, 0.1) is 0 Å². The average molecular weight is 192 g/mol. The lowest BCUT2D eigenvalue weighted by molar-refractivity contribution is 0.0590. The summed E-state index contributed by atoms with van der Waals surface area (Å²) in [6.07, 6.45) is 2.38. The monoisotopic (exact) mass is 192 g/mol. The maximum atomic E-state index is 12.5. The van der Waals surface area contributed by atoms with Crippen molar-refractivity contribution in [3.8, 4) is 0 Å². The fourth-order valence-electron chi connectivity index (χ4n) is 0.962. The molecule has 2 atom stereocenters. The van der Waals surface area contributed by atoms with Crippen molar-refractivity contribution in [1.29, 1.82) is 0 Å². The molecule has 2 nitrogen and oxygen atoms in total. The van der Waals surface area contributed by atoms with Crippen LogP contribution in [-0.2, 0) is 4.74 Å². The van der Waals surface area contributed by atoms with E-state index < -0.39 is 6.17 Å². The molecule has 0 bridgehead atoms. The highest BCUT2D eigenvalue weighted by atomic mass is 19.1. The first-order chi connectivity index (χ1) is 6.20. The highest BCUT2D eigenvalue weighted by Crippen LogP contribution is 2.05. The predicted molar refractivity (Wildman–Crippen MR) is 51.5 cm³/mol. The first kappa shape index (κ1) is 12.8. The summed E-state index contributed by atoms with van der Waals surface area (Å²) in [5, 5.41) is 8.41. The maximum absolute atomic E-state index is 12.5. The van der Waals surface area contributed by atoms with E-state index in [4.69, 9.17) is 9.84 Å². The molecule has 80 valence electrons. The smallest absolute Gasteiger partial charge is 0.123 e. The minimum absolute atomic E-state index is 0.305.